The zero-order valence-electron chi connectivity index (χ0n) is 12.0. The third-order valence-corrected chi connectivity index (χ3v) is 6.80. The molecular weight excluding hydrogens is 208 g/mol. The highest BCUT2D eigenvalue weighted by Gasteiger charge is 2.65. The van der Waals surface area contributed by atoms with E-state index in [1.54, 1.807) is 0 Å². The van der Waals surface area contributed by atoms with Crippen LogP contribution < -0.4 is 0 Å². The molecule has 0 amide bonds. The van der Waals surface area contributed by atoms with E-state index < -0.39 is 0 Å². The fourth-order valence-electron chi connectivity index (χ4n) is 5.49. The minimum atomic E-state index is 0.229. The van der Waals surface area contributed by atoms with Gasteiger partial charge in [0.2, 0.25) is 0 Å². The van der Waals surface area contributed by atoms with Crippen molar-refractivity contribution in [1.29, 1.82) is 0 Å². The van der Waals surface area contributed by atoms with Crippen LogP contribution in [0.3, 0.4) is 0 Å². The van der Waals surface area contributed by atoms with Crippen molar-refractivity contribution in [3.8, 4) is 0 Å². The van der Waals surface area contributed by atoms with E-state index in [1.165, 1.54) is 38.5 Å². The largest absolute Gasteiger partial charge is 0.374 e. The summed E-state index contributed by atoms with van der Waals surface area (Å²) in [6, 6.07) is 0. The van der Waals surface area contributed by atoms with E-state index >= 15 is 0 Å². The SMILES string of the molecule is C[C@H]1CC[C@@H]2C(C)(C)CCC[C@]23OCC[C@]13C. The molecule has 1 heterocycles. The van der Waals surface area contributed by atoms with Gasteiger partial charge in [-0.1, -0.05) is 34.1 Å². The molecule has 98 valence electrons. The van der Waals surface area contributed by atoms with Crippen LogP contribution in [0.15, 0.2) is 0 Å². The predicted molar refractivity (Wildman–Crippen MR) is 70.9 cm³/mol. The summed E-state index contributed by atoms with van der Waals surface area (Å²) in [4.78, 5) is 0. The molecule has 0 aromatic rings. The third kappa shape index (κ3) is 1.35. The van der Waals surface area contributed by atoms with Gasteiger partial charge in [0, 0.05) is 12.0 Å². The number of hydrogen-bond acceptors (Lipinski definition) is 1. The summed E-state index contributed by atoms with van der Waals surface area (Å²) in [7, 11) is 0. The second kappa shape index (κ2) is 3.50. The Morgan fingerprint density at radius 3 is 2.53 bits per heavy atom. The standard InChI is InChI=1S/C16H28O/c1-12-6-7-13-14(2,3)8-5-9-16(13)15(12,4)10-11-17-16/h12-13H,5-11H2,1-4H3/t12-,13+,15+,16-/m0/s1. The van der Waals surface area contributed by atoms with Crippen molar-refractivity contribution in [2.75, 3.05) is 6.61 Å². The van der Waals surface area contributed by atoms with Crippen molar-refractivity contribution in [2.24, 2.45) is 22.7 Å². The molecule has 1 aliphatic heterocycles. The Bertz CT molecular complexity index is 321. The summed E-state index contributed by atoms with van der Waals surface area (Å²) in [5, 5.41) is 0. The lowest BCUT2D eigenvalue weighted by Crippen LogP contribution is -2.61. The lowest BCUT2D eigenvalue weighted by atomic mass is 9.46. The van der Waals surface area contributed by atoms with Gasteiger partial charge >= 0.3 is 0 Å². The van der Waals surface area contributed by atoms with Crippen LogP contribution in [0.25, 0.3) is 0 Å². The van der Waals surface area contributed by atoms with Crippen molar-refractivity contribution >= 4 is 0 Å². The van der Waals surface area contributed by atoms with Gasteiger partial charge in [-0.2, -0.15) is 0 Å². The molecule has 0 radical (unpaired) electrons. The third-order valence-electron chi connectivity index (χ3n) is 6.80. The lowest BCUT2D eigenvalue weighted by Gasteiger charge is -2.61. The van der Waals surface area contributed by atoms with E-state index in [0.29, 0.717) is 10.8 Å². The van der Waals surface area contributed by atoms with Gasteiger partial charge in [0.05, 0.1) is 5.60 Å². The minimum Gasteiger partial charge on any atom is -0.374 e. The summed E-state index contributed by atoms with van der Waals surface area (Å²) in [5.74, 6) is 1.64. The molecule has 3 fully saturated rings. The molecule has 4 atom stereocenters. The van der Waals surface area contributed by atoms with E-state index in [-0.39, 0.29) is 5.60 Å². The molecule has 2 aliphatic carbocycles. The monoisotopic (exact) mass is 236 g/mol. The molecular formula is C16H28O. The molecule has 0 N–H and O–H groups in total. The van der Waals surface area contributed by atoms with Crippen molar-refractivity contribution < 1.29 is 4.74 Å². The average Bonchev–Trinajstić information content (AvgIpc) is 2.57. The topological polar surface area (TPSA) is 9.23 Å². The van der Waals surface area contributed by atoms with E-state index in [0.717, 1.165) is 18.4 Å². The van der Waals surface area contributed by atoms with Crippen molar-refractivity contribution in [3.05, 3.63) is 0 Å². The van der Waals surface area contributed by atoms with E-state index in [1.807, 2.05) is 0 Å². The maximum Gasteiger partial charge on any atom is 0.0772 e. The van der Waals surface area contributed by atoms with Crippen molar-refractivity contribution in [3.63, 3.8) is 0 Å². The quantitative estimate of drug-likeness (QED) is 0.605. The molecule has 0 aromatic carbocycles. The Kier molecular flexibility index (Phi) is 2.47. The van der Waals surface area contributed by atoms with Gasteiger partial charge in [0.25, 0.3) is 0 Å². The lowest BCUT2D eigenvalue weighted by molar-refractivity contribution is -0.198. The molecule has 0 bridgehead atoms. The van der Waals surface area contributed by atoms with Crippen LogP contribution in [0.2, 0.25) is 0 Å². The smallest absolute Gasteiger partial charge is 0.0772 e. The highest BCUT2D eigenvalue weighted by Crippen LogP contribution is 2.66. The molecule has 1 heteroatoms. The highest BCUT2D eigenvalue weighted by molar-refractivity contribution is 5.14. The summed E-state index contributed by atoms with van der Waals surface area (Å²) >= 11 is 0. The van der Waals surface area contributed by atoms with E-state index in [2.05, 4.69) is 27.7 Å². The van der Waals surface area contributed by atoms with Gasteiger partial charge in [-0.15, -0.1) is 0 Å². The molecule has 3 rings (SSSR count). The zero-order chi connectivity index (χ0) is 12.3. The van der Waals surface area contributed by atoms with Gasteiger partial charge in [-0.05, 0) is 49.4 Å². The fourth-order valence-corrected chi connectivity index (χ4v) is 5.49. The maximum absolute atomic E-state index is 6.46. The van der Waals surface area contributed by atoms with Gasteiger partial charge in [0.15, 0.2) is 0 Å². The molecule has 2 saturated carbocycles. The van der Waals surface area contributed by atoms with Gasteiger partial charge in [-0.25, -0.2) is 0 Å². The summed E-state index contributed by atoms with van der Waals surface area (Å²) in [6.07, 6.45) is 8.18. The Labute approximate surface area is 106 Å². The van der Waals surface area contributed by atoms with Crippen LogP contribution in [0.5, 0.6) is 0 Å². The van der Waals surface area contributed by atoms with Crippen LogP contribution >= 0.6 is 0 Å². The molecule has 0 aromatic heterocycles. The molecule has 1 nitrogen and oxygen atoms in total. The molecule has 17 heavy (non-hydrogen) atoms. The molecule has 1 saturated heterocycles. The normalized spacial score (nSPS) is 52.9. The predicted octanol–water partition coefficient (Wildman–Crippen LogP) is 4.41. The fraction of sp³-hybridized carbons (Fsp3) is 1.00. The second-order valence-corrected chi connectivity index (χ2v) is 7.78. The van der Waals surface area contributed by atoms with Gasteiger partial charge in [0.1, 0.15) is 0 Å². The highest BCUT2D eigenvalue weighted by atomic mass is 16.5. The Balaban J connectivity index is 2.06. The van der Waals surface area contributed by atoms with Crippen molar-refractivity contribution in [2.45, 2.75) is 71.8 Å². The van der Waals surface area contributed by atoms with Crippen molar-refractivity contribution in [1.82, 2.24) is 0 Å². The zero-order valence-corrected chi connectivity index (χ0v) is 12.0. The van der Waals surface area contributed by atoms with Crippen LogP contribution in [0.4, 0.5) is 0 Å². The van der Waals surface area contributed by atoms with E-state index in [4.69, 9.17) is 4.74 Å². The van der Waals surface area contributed by atoms with Crippen LogP contribution in [-0.2, 0) is 4.74 Å². The van der Waals surface area contributed by atoms with Gasteiger partial charge < -0.3 is 4.74 Å². The summed E-state index contributed by atoms with van der Waals surface area (Å²) in [6.45, 7) is 11.0. The number of ether oxygens (including phenoxy) is 1. The summed E-state index contributed by atoms with van der Waals surface area (Å²) < 4.78 is 6.46. The van der Waals surface area contributed by atoms with Crippen LogP contribution in [-0.4, -0.2) is 12.2 Å². The minimum absolute atomic E-state index is 0.229. The molecule has 1 spiro atoms. The molecule has 0 unspecified atom stereocenters. The Morgan fingerprint density at radius 1 is 1.00 bits per heavy atom. The maximum atomic E-state index is 6.46. The first-order chi connectivity index (χ1) is 7.92. The average molecular weight is 236 g/mol. The molecule has 3 aliphatic rings. The van der Waals surface area contributed by atoms with Crippen LogP contribution in [0.1, 0.15) is 66.2 Å². The summed E-state index contributed by atoms with van der Waals surface area (Å²) in [5.41, 5.74) is 1.17. The van der Waals surface area contributed by atoms with E-state index in [9.17, 15) is 0 Å². The second-order valence-electron chi connectivity index (χ2n) is 7.78. The number of hydrogen-bond donors (Lipinski definition) is 0. The first-order valence-corrected chi connectivity index (χ1v) is 7.56. The first-order valence-electron chi connectivity index (χ1n) is 7.56. The number of rotatable bonds is 0. The van der Waals surface area contributed by atoms with Gasteiger partial charge in [-0.3, -0.25) is 0 Å². The van der Waals surface area contributed by atoms with Crippen LogP contribution in [0, 0.1) is 22.7 Å². The Morgan fingerprint density at radius 2 is 1.76 bits per heavy atom. The first kappa shape index (κ1) is 12.0. The Hall–Kier alpha value is -0.0400.